The van der Waals surface area contributed by atoms with Crippen LogP contribution < -0.4 is 0 Å². The number of nitrogens with zero attached hydrogens (tertiary/aromatic N) is 2. The largest absolute Gasteiger partial charge is 0.361 e. The number of likely N-dealkylation sites (tertiary alicyclic amines) is 1. The standard InChI is InChI=1S/C25H25N3O/c1-16-7-8-24-20(13-16)21(14-17(2)27-24)25(29)28-11-9-18(10-12-28)22-15-26-23-6-4-3-5-19(22)23/h3-8,13-15,18,26H,9-12H2,1-2H3. The number of piperidine rings is 1. The third kappa shape index (κ3) is 3.19. The van der Waals surface area contributed by atoms with Crippen LogP contribution in [0.3, 0.4) is 0 Å². The first kappa shape index (κ1) is 17.9. The molecule has 3 heterocycles. The fraction of sp³-hybridized carbons (Fsp3) is 0.280. The van der Waals surface area contributed by atoms with Gasteiger partial charge in [-0.3, -0.25) is 9.78 Å². The zero-order chi connectivity index (χ0) is 20.0. The second-order valence-corrected chi connectivity index (χ2v) is 8.19. The van der Waals surface area contributed by atoms with Gasteiger partial charge < -0.3 is 9.88 Å². The van der Waals surface area contributed by atoms with Crippen LogP contribution in [0.1, 0.15) is 45.9 Å². The predicted octanol–water partition coefficient (Wildman–Crippen LogP) is 5.35. The molecule has 29 heavy (non-hydrogen) atoms. The summed E-state index contributed by atoms with van der Waals surface area (Å²) >= 11 is 0. The van der Waals surface area contributed by atoms with E-state index in [1.807, 2.05) is 24.0 Å². The third-order valence-electron chi connectivity index (χ3n) is 6.17. The van der Waals surface area contributed by atoms with Crippen molar-refractivity contribution in [1.82, 2.24) is 14.9 Å². The van der Waals surface area contributed by atoms with Gasteiger partial charge in [0.1, 0.15) is 0 Å². The fourth-order valence-electron chi connectivity index (χ4n) is 4.64. The number of pyridine rings is 1. The molecular weight excluding hydrogens is 358 g/mol. The zero-order valence-corrected chi connectivity index (χ0v) is 16.9. The first-order valence-corrected chi connectivity index (χ1v) is 10.3. The molecule has 4 heteroatoms. The van der Waals surface area contributed by atoms with E-state index in [-0.39, 0.29) is 5.91 Å². The Morgan fingerprint density at radius 1 is 1.03 bits per heavy atom. The van der Waals surface area contributed by atoms with E-state index in [1.54, 1.807) is 0 Å². The quantitative estimate of drug-likeness (QED) is 0.507. The minimum Gasteiger partial charge on any atom is -0.361 e. The van der Waals surface area contributed by atoms with Gasteiger partial charge in [-0.05, 0) is 62.4 Å². The SMILES string of the molecule is Cc1ccc2nc(C)cc(C(=O)N3CCC(c4c[nH]c5ccccc45)CC3)c2c1. The number of carbonyl (C=O) groups excluding carboxylic acids is 1. The number of aromatic nitrogens is 2. The molecule has 1 fully saturated rings. The van der Waals surface area contributed by atoms with Crippen LogP contribution in [0, 0.1) is 13.8 Å². The molecule has 0 saturated carbocycles. The van der Waals surface area contributed by atoms with Crippen molar-refractivity contribution in [2.75, 3.05) is 13.1 Å². The smallest absolute Gasteiger partial charge is 0.254 e. The average Bonchev–Trinajstić information content (AvgIpc) is 3.17. The van der Waals surface area contributed by atoms with Gasteiger partial charge in [-0.2, -0.15) is 0 Å². The Morgan fingerprint density at radius 3 is 2.66 bits per heavy atom. The molecule has 0 unspecified atom stereocenters. The van der Waals surface area contributed by atoms with Crippen LogP contribution >= 0.6 is 0 Å². The number of hydrogen-bond acceptors (Lipinski definition) is 2. The highest BCUT2D eigenvalue weighted by molar-refractivity contribution is 6.06. The number of hydrogen-bond donors (Lipinski definition) is 1. The predicted molar refractivity (Wildman–Crippen MR) is 117 cm³/mol. The van der Waals surface area contributed by atoms with E-state index in [9.17, 15) is 4.79 Å². The van der Waals surface area contributed by atoms with Gasteiger partial charge in [0.15, 0.2) is 0 Å². The third-order valence-corrected chi connectivity index (χ3v) is 6.17. The van der Waals surface area contributed by atoms with Crippen LogP contribution in [0.2, 0.25) is 0 Å². The first-order valence-electron chi connectivity index (χ1n) is 10.3. The van der Waals surface area contributed by atoms with E-state index in [1.165, 1.54) is 16.5 Å². The molecule has 2 aromatic carbocycles. The van der Waals surface area contributed by atoms with Crippen molar-refractivity contribution in [3.63, 3.8) is 0 Å². The monoisotopic (exact) mass is 383 g/mol. The van der Waals surface area contributed by atoms with Crippen molar-refractivity contribution in [2.45, 2.75) is 32.6 Å². The zero-order valence-electron chi connectivity index (χ0n) is 16.9. The van der Waals surface area contributed by atoms with Gasteiger partial charge in [0.25, 0.3) is 5.91 Å². The van der Waals surface area contributed by atoms with E-state index < -0.39 is 0 Å². The molecule has 4 aromatic rings. The normalized spacial score (nSPS) is 15.3. The minimum absolute atomic E-state index is 0.128. The van der Waals surface area contributed by atoms with Gasteiger partial charge in [0.05, 0.1) is 11.1 Å². The number of amides is 1. The summed E-state index contributed by atoms with van der Waals surface area (Å²) in [4.78, 5) is 23.4. The van der Waals surface area contributed by atoms with E-state index in [2.05, 4.69) is 59.5 Å². The van der Waals surface area contributed by atoms with Gasteiger partial charge in [-0.25, -0.2) is 0 Å². The number of carbonyl (C=O) groups is 1. The molecule has 1 amide bonds. The number of aromatic amines is 1. The molecule has 4 nitrogen and oxygen atoms in total. The molecule has 146 valence electrons. The van der Waals surface area contributed by atoms with Crippen LogP contribution in [-0.2, 0) is 0 Å². The Bertz CT molecular complexity index is 1220. The molecule has 1 saturated heterocycles. The Kier molecular flexibility index (Phi) is 4.35. The number of H-pyrrole nitrogens is 1. The molecule has 0 aliphatic carbocycles. The maximum Gasteiger partial charge on any atom is 0.254 e. The number of fused-ring (bicyclic) bond motifs is 2. The highest BCUT2D eigenvalue weighted by atomic mass is 16.2. The number of rotatable bonds is 2. The van der Waals surface area contributed by atoms with E-state index in [0.717, 1.165) is 53.7 Å². The Labute approximate surface area is 170 Å². The van der Waals surface area contributed by atoms with Crippen molar-refractivity contribution in [2.24, 2.45) is 0 Å². The van der Waals surface area contributed by atoms with Crippen LogP contribution in [0.25, 0.3) is 21.8 Å². The second-order valence-electron chi connectivity index (χ2n) is 8.19. The van der Waals surface area contributed by atoms with Gasteiger partial charge in [-0.15, -0.1) is 0 Å². The Balaban J connectivity index is 1.39. The van der Waals surface area contributed by atoms with Crippen LogP contribution in [0.4, 0.5) is 0 Å². The van der Waals surface area contributed by atoms with Crippen molar-refractivity contribution < 1.29 is 4.79 Å². The van der Waals surface area contributed by atoms with Crippen molar-refractivity contribution in [1.29, 1.82) is 0 Å². The van der Waals surface area contributed by atoms with Crippen LogP contribution in [-0.4, -0.2) is 33.9 Å². The lowest BCUT2D eigenvalue weighted by molar-refractivity contribution is 0.0715. The molecule has 0 bridgehead atoms. The first-order chi connectivity index (χ1) is 14.1. The number of para-hydroxylation sites is 1. The summed E-state index contributed by atoms with van der Waals surface area (Å²) in [6.45, 7) is 5.59. The fourth-order valence-corrected chi connectivity index (χ4v) is 4.64. The molecular formula is C25H25N3O. The molecule has 0 spiro atoms. The molecule has 1 N–H and O–H groups in total. The molecule has 1 aliphatic heterocycles. The van der Waals surface area contributed by atoms with Crippen molar-refractivity contribution >= 4 is 27.7 Å². The minimum atomic E-state index is 0.128. The van der Waals surface area contributed by atoms with E-state index >= 15 is 0 Å². The number of aryl methyl sites for hydroxylation is 2. The number of nitrogens with one attached hydrogen (secondary N) is 1. The summed E-state index contributed by atoms with van der Waals surface area (Å²) in [7, 11) is 0. The van der Waals surface area contributed by atoms with Gasteiger partial charge in [0, 0.05) is 41.3 Å². The highest BCUT2D eigenvalue weighted by Crippen LogP contribution is 2.34. The van der Waals surface area contributed by atoms with Gasteiger partial charge in [-0.1, -0.05) is 29.8 Å². The molecule has 0 radical (unpaired) electrons. The Morgan fingerprint density at radius 2 is 1.83 bits per heavy atom. The van der Waals surface area contributed by atoms with Crippen molar-refractivity contribution in [3.8, 4) is 0 Å². The van der Waals surface area contributed by atoms with Gasteiger partial charge >= 0.3 is 0 Å². The van der Waals surface area contributed by atoms with Crippen LogP contribution in [0.5, 0.6) is 0 Å². The second kappa shape index (κ2) is 7.03. The van der Waals surface area contributed by atoms with E-state index in [0.29, 0.717) is 5.92 Å². The summed E-state index contributed by atoms with van der Waals surface area (Å²) in [6, 6.07) is 16.5. The summed E-state index contributed by atoms with van der Waals surface area (Å²) in [6.07, 6.45) is 4.14. The summed E-state index contributed by atoms with van der Waals surface area (Å²) in [5.41, 5.74) is 6.28. The van der Waals surface area contributed by atoms with Gasteiger partial charge in [0.2, 0.25) is 0 Å². The summed E-state index contributed by atoms with van der Waals surface area (Å²) in [5, 5.41) is 2.27. The average molecular weight is 383 g/mol. The lowest BCUT2D eigenvalue weighted by atomic mass is 9.89. The molecule has 1 aliphatic rings. The van der Waals surface area contributed by atoms with E-state index in [4.69, 9.17) is 0 Å². The lowest BCUT2D eigenvalue weighted by Gasteiger charge is -2.32. The summed E-state index contributed by atoms with van der Waals surface area (Å²) in [5.74, 6) is 0.622. The topological polar surface area (TPSA) is 49.0 Å². The molecule has 0 atom stereocenters. The molecule has 5 rings (SSSR count). The molecule has 2 aromatic heterocycles. The van der Waals surface area contributed by atoms with Crippen LogP contribution in [0.15, 0.2) is 54.7 Å². The Hall–Kier alpha value is -3.14. The highest BCUT2D eigenvalue weighted by Gasteiger charge is 2.27. The maximum absolute atomic E-state index is 13.4. The lowest BCUT2D eigenvalue weighted by Crippen LogP contribution is -2.38. The maximum atomic E-state index is 13.4. The van der Waals surface area contributed by atoms with Crippen molar-refractivity contribution in [3.05, 3.63) is 77.1 Å². The number of benzene rings is 2. The summed E-state index contributed by atoms with van der Waals surface area (Å²) < 4.78 is 0.